The molecule has 1 aliphatic heterocycles. The molecular weight excluding hydrogens is 334 g/mol. The molecule has 0 bridgehead atoms. The van der Waals surface area contributed by atoms with E-state index in [1.807, 2.05) is 41.3 Å². The van der Waals surface area contributed by atoms with Crippen LogP contribution in [-0.2, 0) is 0 Å². The molecule has 0 spiro atoms. The van der Waals surface area contributed by atoms with E-state index >= 15 is 0 Å². The SMILES string of the molecule is O=C(Nc1ccccc1Cl)N1CC[NH+](CC=Cc2ccccc2)CC1. The number of nitrogens with one attached hydrogen (secondary N) is 2. The highest BCUT2D eigenvalue weighted by atomic mass is 35.5. The quantitative estimate of drug-likeness (QED) is 0.868. The van der Waals surface area contributed by atoms with Gasteiger partial charge in [0.15, 0.2) is 0 Å². The minimum absolute atomic E-state index is 0.0769. The second-order valence-electron chi connectivity index (χ2n) is 6.16. The maximum absolute atomic E-state index is 12.4. The van der Waals surface area contributed by atoms with Crippen molar-refractivity contribution in [3.63, 3.8) is 0 Å². The van der Waals surface area contributed by atoms with Crippen molar-refractivity contribution in [1.29, 1.82) is 0 Å². The van der Waals surface area contributed by atoms with E-state index in [1.54, 1.807) is 6.07 Å². The lowest BCUT2D eigenvalue weighted by Crippen LogP contribution is -3.14. The van der Waals surface area contributed by atoms with Gasteiger partial charge < -0.3 is 15.1 Å². The van der Waals surface area contributed by atoms with Gasteiger partial charge in [-0.2, -0.15) is 0 Å². The van der Waals surface area contributed by atoms with E-state index in [-0.39, 0.29) is 6.03 Å². The number of piperazine rings is 1. The standard InChI is InChI=1S/C20H22ClN3O/c21-18-10-4-5-11-19(18)22-20(25)24-15-13-23(14-16-24)12-6-9-17-7-2-1-3-8-17/h1-11H,12-16H2,(H,22,25)/p+1. The smallest absolute Gasteiger partial charge is 0.322 e. The molecule has 2 aromatic carbocycles. The Bertz CT molecular complexity index is 725. The Morgan fingerprint density at radius 3 is 2.48 bits per heavy atom. The average molecular weight is 357 g/mol. The summed E-state index contributed by atoms with van der Waals surface area (Å²) in [6.07, 6.45) is 4.37. The van der Waals surface area contributed by atoms with Crippen molar-refractivity contribution in [3.8, 4) is 0 Å². The molecule has 1 heterocycles. The molecule has 2 amide bonds. The van der Waals surface area contributed by atoms with Crippen LogP contribution in [0, 0.1) is 0 Å². The molecular formula is C20H23ClN3O+. The van der Waals surface area contributed by atoms with Crippen LogP contribution in [0.15, 0.2) is 60.7 Å². The van der Waals surface area contributed by atoms with Gasteiger partial charge in [-0.15, -0.1) is 0 Å². The number of amides is 2. The van der Waals surface area contributed by atoms with Gasteiger partial charge >= 0.3 is 6.03 Å². The summed E-state index contributed by atoms with van der Waals surface area (Å²) in [4.78, 5) is 15.7. The van der Waals surface area contributed by atoms with Crippen LogP contribution in [0.2, 0.25) is 5.02 Å². The first kappa shape index (κ1) is 17.5. The highest BCUT2D eigenvalue weighted by Gasteiger charge is 2.23. The van der Waals surface area contributed by atoms with E-state index in [0.29, 0.717) is 10.7 Å². The van der Waals surface area contributed by atoms with E-state index in [2.05, 4.69) is 29.6 Å². The zero-order valence-electron chi connectivity index (χ0n) is 14.1. The van der Waals surface area contributed by atoms with Gasteiger partial charge in [-0.05, 0) is 23.8 Å². The topological polar surface area (TPSA) is 36.8 Å². The van der Waals surface area contributed by atoms with Crippen LogP contribution in [0.1, 0.15) is 5.56 Å². The van der Waals surface area contributed by atoms with Gasteiger partial charge in [0.25, 0.3) is 0 Å². The summed E-state index contributed by atoms with van der Waals surface area (Å²) >= 11 is 6.09. The predicted molar refractivity (Wildman–Crippen MR) is 103 cm³/mol. The maximum Gasteiger partial charge on any atom is 0.322 e. The molecule has 4 nitrogen and oxygen atoms in total. The molecule has 25 heavy (non-hydrogen) atoms. The van der Waals surface area contributed by atoms with Crippen LogP contribution < -0.4 is 10.2 Å². The first-order valence-corrected chi connectivity index (χ1v) is 8.96. The second-order valence-corrected chi connectivity index (χ2v) is 6.57. The lowest BCUT2D eigenvalue weighted by molar-refractivity contribution is -0.898. The number of quaternary nitrogens is 1. The molecule has 3 rings (SSSR count). The van der Waals surface area contributed by atoms with E-state index in [4.69, 9.17) is 11.6 Å². The number of para-hydroxylation sites is 1. The van der Waals surface area contributed by atoms with Crippen molar-refractivity contribution < 1.29 is 9.69 Å². The van der Waals surface area contributed by atoms with Gasteiger partial charge in [0.2, 0.25) is 0 Å². The third-order valence-corrected chi connectivity index (χ3v) is 4.72. The number of rotatable bonds is 4. The van der Waals surface area contributed by atoms with Crippen LogP contribution in [-0.4, -0.2) is 43.7 Å². The Hall–Kier alpha value is -2.30. The number of urea groups is 1. The molecule has 0 aromatic heterocycles. The number of carbonyl (C=O) groups is 1. The minimum atomic E-state index is -0.0769. The highest BCUT2D eigenvalue weighted by molar-refractivity contribution is 6.33. The molecule has 130 valence electrons. The van der Waals surface area contributed by atoms with Gasteiger partial charge in [0, 0.05) is 0 Å². The van der Waals surface area contributed by atoms with E-state index < -0.39 is 0 Å². The molecule has 2 aromatic rings. The Labute approximate surface area is 153 Å². The number of halogens is 1. The molecule has 0 radical (unpaired) electrons. The van der Waals surface area contributed by atoms with E-state index in [9.17, 15) is 4.79 Å². The van der Waals surface area contributed by atoms with Gasteiger partial charge in [0.1, 0.15) is 0 Å². The largest absolute Gasteiger partial charge is 0.329 e. The molecule has 1 aliphatic rings. The molecule has 5 heteroatoms. The molecule has 1 saturated heterocycles. The summed E-state index contributed by atoms with van der Waals surface area (Å²) in [7, 11) is 0. The second kappa shape index (κ2) is 8.70. The fourth-order valence-corrected chi connectivity index (χ4v) is 3.10. The van der Waals surface area contributed by atoms with Crippen LogP contribution in [0.25, 0.3) is 6.08 Å². The summed E-state index contributed by atoms with van der Waals surface area (Å²) in [5.74, 6) is 0. The van der Waals surface area contributed by atoms with Crippen LogP contribution in [0.5, 0.6) is 0 Å². The number of anilines is 1. The van der Waals surface area contributed by atoms with Crippen molar-refractivity contribution in [2.45, 2.75) is 0 Å². The minimum Gasteiger partial charge on any atom is -0.329 e. The van der Waals surface area contributed by atoms with E-state index in [1.165, 1.54) is 10.5 Å². The molecule has 0 unspecified atom stereocenters. The summed E-state index contributed by atoms with van der Waals surface area (Å²) in [5.41, 5.74) is 1.88. The first-order valence-electron chi connectivity index (χ1n) is 8.58. The zero-order chi connectivity index (χ0) is 17.5. The number of nitrogens with zero attached hydrogens (tertiary/aromatic N) is 1. The molecule has 0 aliphatic carbocycles. The van der Waals surface area contributed by atoms with Gasteiger partial charge in [-0.1, -0.05) is 60.1 Å². The first-order chi connectivity index (χ1) is 12.2. The molecule has 1 fully saturated rings. The van der Waals surface area contributed by atoms with Crippen molar-refractivity contribution in [2.24, 2.45) is 0 Å². The molecule has 0 atom stereocenters. The summed E-state index contributed by atoms with van der Waals surface area (Å²) in [6, 6.07) is 17.5. The van der Waals surface area contributed by atoms with Crippen LogP contribution in [0.4, 0.5) is 10.5 Å². The van der Waals surface area contributed by atoms with Crippen molar-refractivity contribution in [3.05, 3.63) is 71.3 Å². The normalized spacial score (nSPS) is 15.5. The number of benzene rings is 2. The number of hydrogen-bond acceptors (Lipinski definition) is 1. The van der Waals surface area contributed by atoms with Crippen LogP contribution in [0.3, 0.4) is 0 Å². The number of hydrogen-bond donors (Lipinski definition) is 2. The Kier molecular flexibility index (Phi) is 6.09. The molecule has 0 saturated carbocycles. The predicted octanol–water partition coefficient (Wildman–Crippen LogP) is 2.79. The Morgan fingerprint density at radius 1 is 1.08 bits per heavy atom. The fraction of sp³-hybridized carbons (Fsp3) is 0.250. The van der Waals surface area contributed by atoms with Crippen molar-refractivity contribution in [2.75, 3.05) is 38.0 Å². The van der Waals surface area contributed by atoms with Crippen molar-refractivity contribution >= 4 is 29.4 Å². The fourth-order valence-electron chi connectivity index (χ4n) is 2.91. The number of carbonyl (C=O) groups excluding carboxylic acids is 1. The lowest BCUT2D eigenvalue weighted by atomic mass is 10.2. The zero-order valence-corrected chi connectivity index (χ0v) is 14.9. The Morgan fingerprint density at radius 2 is 1.76 bits per heavy atom. The lowest BCUT2D eigenvalue weighted by Gasteiger charge is -2.31. The summed E-state index contributed by atoms with van der Waals surface area (Å²) < 4.78 is 0. The Balaban J connectivity index is 1.44. The summed E-state index contributed by atoms with van der Waals surface area (Å²) in [5, 5.41) is 3.45. The van der Waals surface area contributed by atoms with Gasteiger partial charge in [-0.25, -0.2) is 4.79 Å². The van der Waals surface area contributed by atoms with E-state index in [0.717, 1.165) is 32.7 Å². The average Bonchev–Trinajstić information content (AvgIpc) is 2.65. The molecule has 2 N–H and O–H groups in total. The summed E-state index contributed by atoms with van der Waals surface area (Å²) in [6.45, 7) is 4.40. The maximum atomic E-state index is 12.4. The van der Waals surface area contributed by atoms with Crippen molar-refractivity contribution in [1.82, 2.24) is 4.90 Å². The third-order valence-electron chi connectivity index (χ3n) is 4.39. The van der Waals surface area contributed by atoms with Gasteiger partial charge in [0.05, 0.1) is 43.4 Å². The van der Waals surface area contributed by atoms with Gasteiger partial charge in [-0.3, -0.25) is 0 Å². The highest BCUT2D eigenvalue weighted by Crippen LogP contribution is 2.20. The van der Waals surface area contributed by atoms with Crippen LogP contribution >= 0.6 is 11.6 Å². The monoisotopic (exact) mass is 356 g/mol. The third kappa shape index (κ3) is 5.08.